The zero-order valence-corrected chi connectivity index (χ0v) is 10.6. The molecule has 0 aliphatic rings. The summed E-state index contributed by atoms with van der Waals surface area (Å²) < 4.78 is 19.4. The Morgan fingerprint density at radius 1 is 1.32 bits per heavy atom. The summed E-state index contributed by atoms with van der Waals surface area (Å²) in [5.41, 5.74) is 3.59. The Balaban J connectivity index is 2.45. The average molecular weight is 261 g/mol. The van der Waals surface area contributed by atoms with Gasteiger partial charge in [0.15, 0.2) is 0 Å². The van der Waals surface area contributed by atoms with Gasteiger partial charge in [-0.3, -0.25) is 10.8 Å². The highest BCUT2D eigenvalue weighted by molar-refractivity contribution is 5.40. The van der Waals surface area contributed by atoms with Crippen LogP contribution in [0.2, 0.25) is 0 Å². The molecule has 0 spiro atoms. The van der Waals surface area contributed by atoms with Crippen molar-refractivity contribution in [2.24, 2.45) is 5.84 Å². The molecule has 100 valence electrons. The van der Waals surface area contributed by atoms with Gasteiger partial charge in [0.1, 0.15) is 11.6 Å². The Labute approximate surface area is 111 Å². The van der Waals surface area contributed by atoms with E-state index in [1.165, 1.54) is 12.3 Å². The third-order valence-electron chi connectivity index (χ3n) is 2.76. The van der Waals surface area contributed by atoms with Gasteiger partial charge in [0.2, 0.25) is 0 Å². The van der Waals surface area contributed by atoms with Crippen LogP contribution in [0.25, 0.3) is 0 Å². The monoisotopic (exact) mass is 261 g/mol. The summed E-state index contributed by atoms with van der Waals surface area (Å²) in [5.74, 6) is 5.82. The summed E-state index contributed by atoms with van der Waals surface area (Å²) in [6, 6.07) is 9.72. The molecular formula is C14H16FN3O. The summed E-state index contributed by atoms with van der Waals surface area (Å²) in [6.07, 6.45) is 1.53. The van der Waals surface area contributed by atoms with E-state index in [4.69, 9.17) is 10.6 Å². The normalized spacial score (nSPS) is 12.2. The van der Waals surface area contributed by atoms with Crippen LogP contribution in [0, 0.1) is 5.82 Å². The minimum Gasteiger partial charge on any atom is -0.494 e. The van der Waals surface area contributed by atoms with Crippen molar-refractivity contribution in [1.29, 1.82) is 0 Å². The van der Waals surface area contributed by atoms with Crippen molar-refractivity contribution >= 4 is 0 Å². The van der Waals surface area contributed by atoms with Crippen LogP contribution in [0.1, 0.15) is 24.2 Å². The molecule has 0 saturated carbocycles. The third-order valence-corrected chi connectivity index (χ3v) is 2.76. The highest BCUT2D eigenvalue weighted by Crippen LogP contribution is 2.29. The molecule has 0 saturated heterocycles. The molecule has 1 aromatic carbocycles. The quantitative estimate of drug-likeness (QED) is 0.639. The smallest absolute Gasteiger partial charge is 0.146 e. The summed E-state index contributed by atoms with van der Waals surface area (Å²) in [4.78, 5) is 4.05. The number of nitrogens with one attached hydrogen (secondary N) is 1. The van der Waals surface area contributed by atoms with Gasteiger partial charge in [-0.05, 0) is 25.1 Å². The topological polar surface area (TPSA) is 60.2 Å². The van der Waals surface area contributed by atoms with E-state index >= 15 is 0 Å². The minimum absolute atomic E-state index is 0.247. The van der Waals surface area contributed by atoms with Gasteiger partial charge < -0.3 is 4.74 Å². The zero-order chi connectivity index (χ0) is 13.7. The fourth-order valence-corrected chi connectivity index (χ4v) is 1.93. The van der Waals surface area contributed by atoms with Gasteiger partial charge in [0, 0.05) is 11.8 Å². The van der Waals surface area contributed by atoms with Crippen molar-refractivity contribution in [1.82, 2.24) is 10.4 Å². The second-order valence-electron chi connectivity index (χ2n) is 3.94. The van der Waals surface area contributed by atoms with E-state index in [-0.39, 0.29) is 5.69 Å². The fraction of sp³-hybridized carbons (Fsp3) is 0.214. The maximum absolute atomic E-state index is 13.8. The van der Waals surface area contributed by atoms with Gasteiger partial charge in [0.25, 0.3) is 0 Å². The number of ether oxygens (including phenoxy) is 1. The number of rotatable bonds is 5. The lowest BCUT2D eigenvalue weighted by molar-refractivity contribution is 0.333. The van der Waals surface area contributed by atoms with Gasteiger partial charge >= 0.3 is 0 Å². The Morgan fingerprint density at radius 2 is 2.11 bits per heavy atom. The Morgan fingerprint density at radius 3 is 2.79 bits per heavy atom. The first-order chi connectivity index (χ1) is 9.27. The van der Waals surface area contributed by atoms with Crippen LogP contribution in [0.4, 0.5) is 4.39 Å². The van der Waals surface area contributed by atoms with Crippen molar-refractivity contribution in [2.45, 2.75) is 13.0 Å². The second kappa shape index (κ2) is 6.26. The van der Waals surface area contributed by atoms with E-state index in [0.29, 0.717) is 12.4 Å². The third kappa shape index (κ3) is 2.89. The van der Waals surface area contributed by atoms with Crippen molar-refractivity contribution in [2.75, 3.05) is 6.61 Å². The van der Waals surface area contributed by atoms with Crippen LogP contribution in [-0.2, 0) is 0 Å². The Bertz CT molecular complexity index is 548. The molecule has 4 nitrogen and oxygen atoms in total. The number of benzene rings is 1. The Hall–Kier alpha value is -1.98. The molecule has 3 N–H and O–H groups in total. The molecule has 0 aliphatic heterocycles. The number of nitrogens with two attached hydrogens (primary N) is 1. The SMILES string of the molecule is CCOc1ccccc1C(NN)c1ncccc1F. The van der Waals surface area contributed by atoms with Crippen molar-refractivity contribution < 1.29 is 9.13 Å². The molecule has 0 aliphatic carbocycles. The van der Waals surface area contributed by atoms with E-state index in [9.17, 15) is 4.39 Å². The number of hydrogen-bond acceptors (Lipinski definition) is 4. The highest BCUT2D eigenvalue weighted by atomic mass is 19.1. The van der Waals surface area contributed by atoms with E-state index in [0.717, 1.165) is 5.56 Å². The van der Waals surface area contributed by atoms with Gasteiger partial charge in [0.05, 0.1) is 18.3 Å². The summed E-state index contributed by atoms with van der Waals surface area (Å²) in [5, 5.41) is 0. The van der Waals surface area contributed by atoms with Crippen LogP contribution in [0.5, 0.6) is 5.75 Å². The number of hydrogen-bond donors (Lipinski definition) is 2. The lowest BCUT2D eigenvalue weighted by Gasteiger charge is -2.19. The molecule has 1 aromatic heterocycles. The van der Waals surface area contributed by atoms with Gasteiger partial charge in [-0.2, -0.15) is 0 Å². The number of pyridine rings is 1. The number of aromatic nitrogens is 1. The number of nitrogens with zero attached hydrogens (tertiary/aromatic N) is 1. The van der Waals surface area contributed by atoms with E-state index < -0.39 is 11.9 Å². The maximum Gasteiger partial charge on any atom is 0.146 e. The van der Waals surface area contributed by atoms with E-state index in [1.54, 1.807) is 6.07 Å². The minimum atomic E-state index is -0.552. The molecule has 1 unspecified atom stereocenters. The Kier molecular flexibility index (Phi) is 4.43. The largest absolute Gasteiger partial charge is 0.494 e. The maximum atomic E-state index is 13.8. The van der Waals surface area contributed by atoms with Crippen LogP contribution in [0.15, 0.2) is 42.6 Å². The van der Waals surface area contributed by atoms with Crippen LogP contribution >= 0.6 is 0 Å². The lowest BCUT2D eigenvalue weighted by atomic mass is 10.0. The average Bonchev–Trinajstić information content (AvgIpc) is 2.44. The molecule has 2 rings (SSSR count). The fourth-order valence-electron chi connectivity index (χ4n) is 1.93. The van der Waals surface area contributed by atoms with Gasteiger partial charge in [-0.1, -0.05) is 18.2 Å². The van der Waals surface area contributed by atoms with Crippen molar-refractivity contribution in [3.8, 4) is 5.75 Å². The molecule has 0 bridgehead atoms. The predicted molar refractivity (Wildman–Crippen MR) is 71.0 cm³/mol. The first kappa shape index (κ1) is 13.5. The molecule has 0 radical (unpaired) electrons. The molecule has 0 amide bonds. The summed E-state index contributed by atoms with van der Waals surface area (Å²) >= 11 is 0. The number of para-hydroxylation sites is 1. The van der Waals surface area contributed by atoms with Crippen molar-refractivity contribution in [3.63, 3.8) is 0 Å². The second-order valence-corrected chi connectivity index (χ2v) is 3.94. The number of halogens is 1. The standard InChI is InChI=1S/C14H16FN3O/c1-2-19-12-8-4-3-6-10(12)13(18-16)14-11(15)7-5-9-17-14/h3-9,13,18H,2,16H2,1H3. The lowest BCUT2D eigenvalue weighted by Crippen LogP contribution is -2.30. The molecule has 1 atom stereocenters. The molecule has 5 heteroatoms. The highest BCUT2D eigenvalue weighted by Gasteiger charge is 2.21. The van der Waals surface area contributed by atoms with Crippen LogP contribution in [0.3, 0.4) is 0 Å². The predicted octanol–water partition coefficient (Wildman–Crippen LogP) is 2.17. The van der Waals surface area contributed by atoms with Crippen LogP contribution in [-0.4, -0.2) is 11.6 Å². The zero-order valence-electron chi connectivity index (χ0n) is 10.6. The molecule has 19 heavy (non-hydrogen) atoms. The summed E-state index contributed by atoms with van der Waals surface area (Å²) in [7, 11) is 0. The molecule has 2 aromatic rings. The van der Waals surface area contributed by atoms with E-state index in [2.05, 4.69) is 10.4 Å². The molecule has 1 heterocycles. The van der Waals surface area contributed by atoms with Gasteiger partial charge in [-0.15, -0.1) is 0 Å². The first-order valence-corrected chi connectivity index (χ1v) is 6.06. The first-order valence-electron chi connectivity index (χ1n) is 6.06. The van der Waals surface area contributed by atoms with E-state index in [1.807, 2.05) is 31.2 Å². The van der Waals surface area contributed by atoms with Crippen LogP contribution < -0.4 is 16.0 Å². The van der Waals surface area contributed by atoms with Gasteiger partial charge in [-0.25, -0.2) is 9.82 Å². The molecule has 0 fully saturated rings. The number of hydrazine groups is 1. The molecular weight excluding hydrogens is 245 g/mol. The van der Waals surface area contributed by atoms with Crippen molar-refractivity contribution in [3.05, 3.63) is 59.7 Å². The summed E-state index contributed by atoms with van der Waals surface area (Å²) in [6.45, 7) is 2.42.